The molecule has 33 nitrogen and oxygen atoms in total. The highest BCUT2D eigenvalue weighted by atomic mass is 32.2. The first kappa shape index (κ1) is 61.1. The summed E-state index contributed by atoms with van der Waals surface area (Å²) in [5.74, 6) is 0.288. The molecule has 0 amide bonds. The molecule has 0 spiro atoms. The normalized spacial score (nSPS) is 52.7. The summed E-state index contributed by atoms with van der Waals surface area (Å²) in [6.45, 7) is -5.12. The van der Waals surface area contributed by atoms with E-state index >= 15 is 0 Å². The van der Waals surface area contributed by atoms with Gasteiger partial charge in [0, 0.05) is 5.75 Å². The lowest BCUT2D eigenvalue weighted by Crippen LogP contribution is -2.61. The molecule has 8 saturated heterocycles. The van der Waals surface area contributed by atoms with Gasteiger partial charge in [0.25, 0.3) is 0 Å². The van der Waals surface area contributed by atoms with E-state index in [1.165, 1.54) is 11.8 Å². The van der Waals surface area contributed by atoms with Crippen LogP contribution in [0.4, 0.5) is 0 Å². The molecule has 8 fully saturated rings. The zero-order valence-electron chi connectivity index (χ0n) is 40.3. The number of ether oxygens (including phenoxy) is 15. The lowest BCUT2D eigenvalue weighted by molar-refractivity contribution is -0.333. The van der Waals surface area contributed by atoms with Gasteiger partial charge in [0.2, 0.25) is 0 Å². The molecule has 0 saturated carbocycles. The molecule has 8 heterocycles. The van der Waals surface area contributed by atoms with Gasteiger partial charge in [0.15, 0.2) is 50.3 Å². The van der Waals surface area contributed by atoms with Gasteiger partial charge in [-0.25, -0.2) is 0 Å². The molecule has 0 aromatic rings. The summed E-state index contributed by atoms with van der Waals surface area (Å²) in [6, 6.07) is 0. The molecule has 0 bridgehead atoms. The van der Waals surface area contributed by atoms with Gasteiger partial charge in [-0.2, -0.15) is 11.8 Å². The molecule has 0 radical (unpaired) electrons. The van der Waals surface area contributed by atoms with E-state index in [0.29, 0.717) is 0 Å². The molecule has 33 atom stereocenters. The van der Waals surface area contributed by atoms with Gasteiger partial charge < -0.3 is 163 Å². The second-order valence-corrected chi connectivity index (χ2v) is 20.2. The molecular formula is C42H70O33S. The average Bonchev–Trinajstić information content (AvgIpc) is 4.24. The predicted molar refractivity (Wildman–Crippen MR) is 234 cm³/mol. The van der Waals surface area contributed by atoms with Gasteiger partial charge in [0.05, 0.1) is 52.4 Å². The van der Waals surface area contributed by atoms with E-state index in [2.05, 4.69) is 0 Å². The van der Waals surface area contributed by atoms with Crippen LogP contribution in [0.25, 0.3) is 0 Å². The zero-order chi connectivity index (χ0) is 55.0. The highest BCUT2D eigenvalue weighted by molar-refractivity contribution is 7.98. The Balaban J connectivity index is 0.923. The smallest absolute Gasteiger partial charge is 0.187 e. The molecule has 0 aliphatic carbocycles. The van der Waals surface area contributed by atoms with E-state index < -0.39 is 249 Å². The van der Waals surface area contributed by atoms with Crippen LogP contribution in [0, 0.1) is 0 Å². The molecule has 76 heavy (non-hydrogen) atoms. The monoisotopic (exact) mass is 1130 g/mol. The van der Waals surface area contributed by atoms with E-state index in [0.717, 1.165) is 0 Å². The highest BCUT2D eigenvalue weighted by Crippen LogP contribution is 2.38. The lowest BCUT2D eigenvalue weighted by atomic mass is 9.98. The van der Waals surface area contributed by atoms with Crippen LogP contribution in [0.2, 0.25) is 0 Å². The Morgan fingerprint density at radius 3 is 1.16 bits per heavy atom. The summed E-state index contributed by atoms with van der Waals surface area (Å²) < 4.78 is 85.5. The maximum absolute atomic E-state index is 11.7. The standard InChI is InChI=1S/C42H70O33S/c1-76-9-17-21(50)28(57)40(71-17)72-31-13(5-46)68-36(29(58)24(31)53)61-7-15-20(49)27(56)39(69-15)75-34-23(52)12(4-45)67-42(34)73-32-16(70-37(30(32)59)62-6-14-19(48)25(54)35(60)64-14)8-63-41-33(22(51)11(3-44)66-41)74-38-26(55)18(47)10(2-43)65-38/h10-60H,2-9H2,1H3/t10-,11-,12-,13-,14-,15-,16-,17-,18-,19-,20-,21+,22-,23-,24-,25+,26+,27+,28-,29+,30+,31-,32-,33+,34+,35?,36+,37+,38+,39+,40-,41+,42-/m1/s1. The first-order valence-electron chi connectivity index (χ1n) is 24.4. The summed E-state index contributed by atoms with van der Waals surface area (Å²) in [5, 5.41) is 190. The Bertz CT molecular complexity index is 1790. The first-order chi connectivity index (χ1) is 36.2. The number of rotatable bonds is 23. The number of aliphatic hydroxyl groups excluding tert-OH is 18. The van der Waals surface area contributed by atoms with Gasteiger partial charge in [-0.3, -0.25) is 0 Å². The summed E-state index contributed by atoms with van der Waals surface area (Å²) in [5.41, 5.74) is 0. The Labute approximate surface area is 435 Å². The van der Waals surface area contributed by atoms with E-state index in [1.54, 1.807) is 6.26 Å². The Morgan fingerprint density at radius 2 is 0.632 bits per heavy atom. The summed E-state index contributed by atoms with van der Waals surface area (Å²) in [4.78, 5) is 0. The second-order valence-electron chi connectivity index (χ2n) is 19.3. The topological polar surface area (TPSA) is 503 Å². The molecule has 8 aliphatic rings. The minimum atomic E-state index is -1.92. The highest BCUT2D eigenvalue weighted by Gasteiger charge is 2.58. The van der Waals surface area contributed by atoms with Crippen molar-refractivity contribution in [3.63, 3.8) is 0 Å². The van der Waals surface area contributed by atoms with Crippen molar-refractivity contribution in [2.75, 3.05) is 58.3 Å². The van der Waals surface area contributed by atoms with Crippen molar-refractivity contribution in [2.24, 2.45) is 0 Å². The number of hydrogen-bond donors (Lipinski definition) is 18. The third-order valence-electron chi connectivity index (χ3n) is 14.3. The molecule has 34 heteroatoms. The van der Waals surface area contributed by atoms with Crippen LogP contribution in [0.1, 0.15) is 0 Å². The van der Waals surface area contributed by atoms with Crippen LogP contribution < -0.4 is 0 Å². The Kier molecular flexibility index (Phi) is 21.3. The molecule has 8 aliphatic heterocycles. The average molecular weight is 1140 g/mol. The van der Waals surface area contributed by atoms with Crippen LogP contribution in [0.5, 0.6) is 0 Å². The zero-order valence-corrected chi connectivity index (χ0v) is 41.1. The minimum Gasteiger partial charge on any atom is -0.394 e. The molecule has 18 N–H and O–H groups in total. The van der Waals surface area contributed by atoms with Crippen LogP contribution in [-0.2, 0) is 71.1 Å². The van der Waals surface area contributed by atoms with E-state index in [4.69, 9.17) is 71.1 Å². The molecule has 1 unspecified atom stereocenters. The summed E-state index contributed by atoms with van der Waals surface area (Å²) in [6.07, 6.45) is -51.3. The summed E-state index contributed by atoms with van der Waals surface area (Å²) in [7, 11) is 0. The van der Waals surface area contributed by atoms with Gasteiger partial charge in [0.1, 0.15) is 146 Å². The van der Waals surface area contributed by atoms with E-state index in [1.807, 2.05) is 0 Å². The Morgan fingerprint density at radius 1 is 0.289 bits per heavy atom. The van der Waals surface area contributed by atoms with Crippen molar-refractivity contribution in [2.45, 2.75) is 203 Å². The van der Waals surface area contributed by atoms with Crippen molar-refractivity contribution in [1.82, 2.24) is 0 Å². The third kappa shape index (κ3) is 12.7. The maximum Gasteiger partial charge on any atom is 0.187 e. The van der Waals surface area contributed by atoms with Gasteiger partial charge in [-0.1, -0.05) is 0 Å². The van der Waals surface area contributed by atoms with Gasteiger partial charge >= 0.3 is 0 Å². The SMILES string of the molecule is CSC[C@H]1O[C@H](O[C@H]2[C@H](O)[C@H](O)[C@@H](OC[C@H]3O[C@@H](O[C@@H]4[C@@H](O[C@H]5[C@H](O)[C@@H](OC[C@H]6OC(O)[C@@H](O)[C@@H]6O)O[C@@H]5CO[C@H]5O[C@H](CO)[C@@H](O)[C@@H]5O[C@@H]5O[C@H](CO)[C@@H](O)[C@@H]5O)O[C@H](CO)[C@H]4O)[C@@H](O)[C@@H]3O)O[C@@H]2CO)[C@H](O)[C@H]1O. The number of thioether (sulfide) groups is 1. The predicted octanol–water partition coefficient (Wildman–Crippen LogP) is -12.6. The van der Waals surface area contributed by atoms with Crippen LogP contribution in [-0.4, -0.2) is 353 Å². The lowest BCUT2D eigenvalue weighted by Gasteiger charge is -2.42. The third-order valence-corrected chi connectivity index (χ3v) is 15.0. The van der Waals surface area contributed by atoms with Crippen molar-refractivity contribution in [1.29, 1.82) is 0 Å². The minimum absolute atomic E-state index is 0.288. The fourth-order valence-corrected chi connectivity index (χ4v) is 10.5. The van der Waals surface area contributed by atoms with Crippen molar-refractivity contribution >= 4 is 11.8 Å². The molecule has 0 aromatic heterocycles. The molecule has 442 valence electrons. The second kappa shape index (κ2) is 26.5. The van der Waals surface area contributed by atoms with Gasteiger partial charge in [-0.05, 0) is 6.26 Å². The largest absolute Gasteiger partial charge is 0.394 e. The fourth-order valence-electron chi connectivity index (χ4n) is 9.87. The van der Waals surface area contributed by atoms with Gasteiger partial charge in [-0.15, -0.1) is 0 Å². The van der Waals surface area contributed by atoms with E-state index in [9.17, 15) is 91.9 Å². The quantitative estimate of drug-likeness (QED) is 0.0452. The van der Waals surface area contributed by atoms with E-state index in [-0.39, 0.29) is 5.75 Å². The summed E-state index contributed by atoms with van der Waals surface area (Å²) >= 11 is 1.33. The Hall–Kier alpha value is -0.970. The number of hydrogen-bond acceptors (Lipinski definition) is 34. The van der Waals surface area contributed by atoms with Crippen LogP contribution >= 0.6 is 11.8 Å². The van der Waals surface area contributed by atoms with Crippen LogP contribution in [0.3, 0.4) is 0 Å². The first-order valence-corrected chi connectivity index (χ1v) is 25.8. The van der Waals surface area contributed by atoms with Crippen molar-refractivity contribution in [3.8, 4) is 0 Å². The number of aliphatic hydroxyl groups is 18. The van der Waals surface area contributed by atoms with Crippen molar-refractivity contribution in [3.05, 3.63) is 0 Å². The molecule has 8 rings (SSSR count). The molecular weight excluding hydrogens is 1060 g/mol. The van der Waals surface area contributed by atoms with Crippen molar-refractivity contribution < 1.29 is 163 Å². The maximum atomic E-state index is 11.7. The fraction of sp³-hybridized carbons (Fsp3) is 1.00. The molecule has 0 aromatic carbocycles. The van der Waals surface area contributed by atoms with Crippen LogP contribution in [0.15, 0.2) is 0 Å².